The van der Waals surface area contributed by atoms with Crippen LogP contribution in [0.4, 0.5) is 4.79 Å². The number of nitrogens with zero attached hydrogens (tertiary/aromatic N) is 2. The van der Waals surface area contributed by atoms with Gasteiger partial charge >= 0.3 is 6.09 Å². The van der Waals surface area contributed by atoms with Gasteiger partial charge in [0.15, 0.2) is 5.78 Å². The minimum absolute atomic E-state index is 0.136. The highest BCUT2D eigenvalue weighted by Crippen LogP contribution is 2.10. The van der Waals surface area contributed by atoms with Gasteiger partial charge in [-0.05, 0) is 17.0 Å². The number of piperazine rings is 1. The van der Waals surface area contributed by atoms with E-state index in [1.165, 1.54) is 11.3 Å². The SMILES string of the molecule is O=C(CN1CCN(C(=O)OCc2ccccc2)CC1)c1ccsc1. The van der Waals surface area contributed by atoms with Gasteiger partial charge in [-0.25, -0.2) is 4.79 Å². The van der Waals surface area contributed by atoms with Crippen LogP contribution in [0.5, 0.6) is 0 Å². The fourth-order valence-electron chi connectivity index (χ4n) is 2.62. The van der Waals surface area contributed by atoms with Gasteiger partial charge in [0.2, 0.25) is 0 Å². The molecule has 0 atom stereocenters. The van der Waals surface area contributed by atoms with Crippen LogP contribution in [0.1, 0.15) is 15.9 Å². The smallest absolute Gasteiger partial charge is 0.410 e. The first-order chi connectivity index (χ1) is 11.7. The van der Waals surface area contributed by atoms with Crippen molar-refractivity contribution in [2.45, 2.75) is 6.61 Å². The highest BCUT2D eigenvalue weighted by Gasteiger charge is 2.23. The second kappa shape index (κ2) is 8.08. The van der Waals surface area contributed by atoms with Crippen LogP contribution in [0.2, 0.25) is 0 Å². The van der Waals surface area contributed by atoms with Crippen LogP contribution in [-0.4, -0.2) is 54.4 Å². The molecule has 0 spiro atoms. The summed E-state index contributed by atoms with van der Waals surface area (Å²) in [7, 11) is 0. The molecule has 2 heterocycles. The van der Waals surface area contributed by atoms with E-state index in [1.54, 1.807) is 4.90 Å². The number of rotatable bonds is 5. The van der Waals surface area contributed by atoms with Gasteiger partial charge in [-0.2, -0.15) is 11.3 Å². The summed E-state index contributed by atoms with van der Waals surface area (Å²) in [6.45, 7) is 3.25. The number of hydrogen-bond acceptors (Lipinski definition) is 5. The molecule has 0 radical (unpaired) electrons. The van der Waals surface area contributed by atoms with Gasteiger partial charge in [-0.15, -0.1) is 0 Å². The van der Waals surface area contributed by atoms with Crippen molar-refractivity contribution in [3.63, 3.8) is 0 Å². The number of carbonyl (C=O) groups is 2. The van der Waals surface area contributed by atoms with Crippen molar-refractivity contribution >= 4 is 23.2 Å². The van der Waals surface area contributed by atoms with E-state index in [-0.39, 0.29) is 18.5 Å². The predicted molar refractivity (Wildman–Crippen MR) is 93.3 cm³/mol. The lowest BCUT2D eigenvalue weighted by molar-refractivity contribution is 0.0678. The molecule has 126 valence electrons. The van der Waals surface area contributed by atoms with Crippen LogP contribution in [0.25, 0.3) is 0 Å². The molecule has 0 saturated carbocycles. The summed E-state index contributed by atoms with van der Waals surface area (Å²) in [4.78, 5) is 28.0. The van der Waals surface area contributed by atoms with Gasteiger partial charge in [0.05, 0.1) is 6.54 Å². The van der Waals surface area contributed by atoms with Crippen LogP contribution < -0.4 is 0 Å². The van der Waals surface area contributed by atoms with E-state index in [0.29, 0.717) is 32.7 Å². The first-order valence-corrected chi connectivity index (χ1v) is 8.90. The third-order valence-electron chi connectivity index (χ3n) is 4.05. The number of ketones is 1. The third kappa shape index (κ3) is 4.43. The average Bonchev–Trinajstić information content (AvgIpc) is 3.16. The van der Waals surface area contributed by atoms with Crippen molar-refractivity contribution in [1.82, 2.24) is 9.80 Å². The first-order valence-electron chi connectivity index (χ1n) is 7.96. The highest BCUT2D eigenvalue weighted by molar-refractivity contribution is 7.08. The van der Waals surface area contributed by atoms with E-state index in [2.05, 4.69) is 4.90 Å². The summed E-state index contributed by atoms with van der Waals surface area (Å²) >= 11 is 1.53. The molecule has 0 N–H and O–H groups in total. The molecular formula is C18H20N2O3S. The van der Waals surface area contributed by atoms with Gasteiger partial charge in [-0.3, -0.25) is 9.69 Å². The number of thiophene rings is 1. The molecule has 1 saturated heterocycles. The first kappa shape index (κ1) is 16.7. The molecule has 0 unspecified atom stereocenters. The minimum Gasteiger partial charge on any atom is -0.445 e. The lowest BCUT2D eigenvalue weighted by atomic mass is 10.2. The summed E-state index contributed by atoms with van der Waals surface area (Å²) in [5.41, 5.74) is 1.75. The van der Waals surface area contributed by atoms with Gasteiger partial charge in [0, 0.05) is 37.1 Å². The van der Waals surface area contributed by atoms with Crippen LogP contribution in [0, 0.1) is 0 Å². The van der Waals surface area contributed by atoms with Crippen LogP contribution in [0.15, 0.2) is 47.2 Å². The Morgan fingerprint density at radius 3 is 2.46 bits per heavy atom. The number of carbonyl (C=O) groups excluding carboxylic acids is 2. The zero-order chi connectivity index (χ0) is 16.8. The molecule has 2 aromatic rings. The highest BCUT2D eigenvalue weighted by atomic mass is 32.1. The minimum atomic E-state index is -0.289. The molecule has 3 rings (SSSR count). The molecule has 1 fully saturated rings. The molecule has 5 nitrogen and oxygen atoms in total. The van der Waals surface area contributed by atoms with E-state index >= 15 is 0 Å². The molecule has 0 bridgehead atoms. The van der Waals surface area contributed by atoms with Crippen molar-refractivity contribution < 1.29 is 14.3 Å². The van der Waals surface area contributed by atoms with E-state index in [9.17, 15) is 9.59 Å². The number of Topliss-reactive ketones (excluding diaryl/α,β-unsaturated/α-hetero) is 1. The third-order valence-corrected chi connectivity index (χ3v) is 4.73. The molecule has 24 heavy (non-hydrogen) atoms. The molecule has 0 aliphatic carbocycles. The standard InChI is InChI=1S/C18H20N2O3S/c21-17(16-6-11-24-14-16)12-19-7-9-20(10-8-19)18(22)23-13-15-4-2-1-3-5-15/h1-6,11,14H,7-10,12-13H2. The molecule has 1 amide bonds. The number of amides is 1. The van der Waals surface area contributed by atoms with Crippen LogP contribution in [0.3, 0.4) is 0 Å². The topological polar surface area (TPSA) is 49.9 Å². The Bertz CT molecular complexity index is 665. The van der Waals surface area contributed by atoms with Crippen molar-refractivity contribution in [2.75, 3.05) is 32.7 Å². The molecular weight excluding hydrogens is 324 g/mol. The second-order valence-electron chi connectivity index (χ2n) is 5.74. The van der Waals surface area contributed by atoms with Crippen molar-refractivity contribution in [2.24, 2.45) is 0 Å². The maximum absolute atomic E-state index is 12.1. The summed E-state index contributed by atoms with van der Waals surface area (Å²) in [5, 5.41) is 3.79. The largest absolute Gasteiger partial charge is 0.445 e. The Balaban J connectivity index is 1.41. The molecule has 1 aromatic carbocycles. The predicted octanol–water partition coefficient (Wildman–Crippen LogP) is 2.89. The van der Waals surface area contributed by atoms with Crippen LogP contribution in [-0.2, 0) is 11.3 Å². The van der Waals surface area contributed by atoms with E-state index < -0.39 is 0 Å². The average molecular weight is 344 g/mol. The molecule has 6 heteroatoms. The summed E-state index contributed by atoms with van der Waals surface area (Å²) in [6.07, 6.45) is -0.289. The summed E-state index contributed by atoms with van der Waals surface area (Å²) in [5.74, 6) is 0.136. The van der Waals surface area contributed by atoms with E-state index in [1.807, 2.05) is 47.2 Å². The lowest BCUT2D eigenvalue weighted by Crippen LogP contribution is -2.50. The zero-order valence-electron chi connectivity index (χ0n) is 13.4. The van der Waals surface area contributed by atoms with Gasteiger partial charge in [0.1, 0.15) is 6.61 Å². The maximum Gasteiger partial charge on any atom is 0.410 e. The van der Waals surface area contributed by atoms with Crippen molar-refractivity contribution in [1.29, 1.82) is 0 Å². The molecule has 1 aliphatic rings. The Morgan fingerprint density at radius 2 is 1.79 bits per heavy atom. The lowest BCUT2D eigenvalue weighted by Gasteiger charge is -2.33. The second-order valence-corrected chi connectivity index (χ2v) is 6.52. The Hall–Kier alpha value is -2.18. The zero-order valence-corrected chi connectivity index (χ0v) is 14.2. The summed E-state index contributed by atoms with van der Waals surface area (Å²) in [6, 6.07) is 11.5. The quantitative estimate of drug-likeness (QED) is 0.783. The monoisotopic (exact) mass is 344 g/mol. The fourth-order valence-corrected chi connectivity index (χ4v) is 3.28. The Kier molecular flexibility index (Phi) is 5.61. The molecule has 1 aromatic heterocycles. The van der Waals surface area contributed by atoms with Gasteiger partial charge in [-0.1, -0.05) is 30.3 Å². The number of benzene rings is 1. The van der Waals surface area contributed by atoms with Crippen molar-refractivity contribution in [3.8, 4) is 0 Å². The Labute approximate surface area is 145 Å². The fraction of sp³-hybridized carbons (Fsp3) is 0.333. The van der Waals surface area contributed by atoms with Crippen LogP contribution >= 0.6 is 11.3 Å². The maximum atomic E-state index is 12.1. The van der Waals surface area contributed by atoms with E-state index in [4.69, 9.17) is 4.74 Å². The van der Waals surface area contributed by atoms with Gasteiger partial charge < -0.3 is 9.64 Å². The number of ether oxygens (including phenoxy) is 1. The van der Waals surface area contributed by atoms with Gasteiger partial charge in [0.25, 0.3) is 0 Å². The summed E-state index contributed by atoms with van der Waals surface area (Å²) < 4.78 is 5.35. The van der Waals surface area contributed by atoms with Crippen molar-refractivity contribution in [3.05, 3.63) is 58.3 Å². The molecule has 1 aliphatic heterocycles. The number of hydrogen-bond donors (Lipinski definition) is 0. The Morgan fingerprint density at radius 1 is 1.04 bits per heavy atom. The normalized spacial score (nSPS) is 15.2. The van der Waals surface area contributed by atoms with E-state index in [0.717, 1.165) is 11.1 Å².